The average Bonchev–Trinajstić information content (AvgIpc) is 2.53. The van der Waals surface area contributed by atoms with E-state index >= 15 is 0 Å². The number of carbonyl (C=O) groups excluding carboxylic acids is 1. The van der Waals surface area contributed by atoms with Crippen LogP contribution in [0.4, 0.5) is 4.39 Å². The van der Waals surface area contributed by atoms with E-state index in [2.05, 4.69) is 10.3 Å². The second kappa shape index (κ2) is 6.48. The number of pyridine rings is 1. The van der Waals surface area contributed by atoms with Crippen molar-refractivity contribution in [2.24, 2.45) is 0 Å². The SMILES string of the molecule is COc1ncccc1C(=O)NCc1ccc(C#N)cc1F. The molecule has 0 saturated carbocycles. The number of hydrogen-bond donors (Lipinski definition) is 1. The zero-order valence-corrected chi connectivity index (χ0v) is 11.3. The van der Waals surface area contributed by atoms with Gasteiger partial charge in [-0.05, 0) is 24.3 Å². The minimum atomic E-state index is -0.535. The summed E-state index contributed by atoms with van der Waals surface area (Å²) in [5, 5.41) is 11.3. The number of ether oxygens (including phenoxy) is 1. The topological polar surface area (TPSA) is 75.0 Å². The Morgan fingerprint density at radius 3 is 2.95 bits per heavy atom. The lowest BCUT2D eigenvalue weighted by molar-refractivity contribution is 0.0947. The molecule has 6 heteroatoms. The Balaban J connectivity index is 2.10. The van der Waals surface area contributed by atoms with Crippen molar-refractivity contribution in [2.75, 3.05) is 7.11 Å². The van der Waals surface area contributed by atoms with Crippen LogP contribution in [0.5, 0.6) is 5.88 Å². The molecule has 2 rings (SSSR count). The smallest absolute Gasteiger partial charge is 0.257 e. The van der Waals surface area contributed by atoms with Crippen molar-refractivity contribution < 1.29 is 13.9 Å². The van der Waals surface area contributed by atoms with Crippen molar-refractivity contribution in [3.05, 3.63) is 59.0 Å². The number of nitriles is 1. The van der Waals surface area contributed by atoms with Gasteiger partial charge in [0.05, 0.1) is 18.7 Å². The molecule has 2 aromatic rings. The van der Waals surface area contributed by atoms with Crippen molar-refractivity contribution in [1.82, 2.24) is 10.3 Å². The average molecular weight is 285 g/mol. The summed E-state index contributed by atoms with van der Waals surface area (Å²) in [5.74, 6) is -0.744. The quantitative estimate of drug-likeness (QED) is 0.932. The number of rotatable bonds is 4. The third-order valence-corrected chi connectivity index (χ3v) is 2.83. The zero-order chi connectivity index (χ0) is 15.2. The van der Waals surface area contributed by atoms with Gasteiger partial charge in [-0.25, -0.2) is 9.37 Å². The first-order chi connectivity index (χ1) is 10.2. The van der Waals surface area contributed by atoms with Crippen LogP contribution >= 0.6 is 0 Å². The molecule has 1 aromatic carbocycles. The summed E-state index contributed by atoms with van der Waals surface area (Å²) in [6, 6.07) is 9.12. The normalized spacial score (nSPS) is 9.76. The molecule has 21 heavy (non-hydrogen) atoms. The number of hydrogen-bond acceptors (Lipinski definition) is 4. The molecule has 1 N–H and O–H groups in total. The summed E-state index contributed by atoms with van der Waals surface area (Å²) in [4.78, 5) is 15.9. The summed E-state index contributed by atoms with van der Waals surface area (Å²) in [6.07, 6.45) is 1.51. The molecule has 0 spiro atoms. The fraction of sp³-hybridized carbons (Fsp3) is 0.133. The number of amides is 1. The van der Waals surface area contributed by atoms with E-state index in [0.29, 0.717) is 5.56 Å². The van der Waals surface area contributed by atoms with Gasteiger partial charge >= 0.3 is 0 Å². The first kappa shape index (κ1) is 14.5. The van der Waals surface area contributed by atoms with E-state index < -0.39 is 11.7 Å². The van der Waals surface area contributed by atoms with Crippen LogP contribution in [0.3, 0.4) is 0 Å². The molecule has 0 saturated heterocycles. The van der Waals surface area contributed by atoms with Gasteiger partial charge in [-0.3, -0.25) is 4.79 Å². The molecule has 0 bridgehead atoms. The Bertz CT molecular complexity index is 710. The van der Waals surface area contributed by atoms with Gasteiger partial charge in [0.2, 0.25) is 5.88 Å². The number of methoxy groups -OCH3 is 1. The molecular formula is C15H12FN3O2. The Kier molecular flexibility index (Phi) is 4.46. The fourth-order valence-corrected chi connectivity index (χ4v) is 1.76. The van der Waals surface area contributed by atoms with Gasteiger partial charge in [0.15, 0.2) is 0 Å². The summed E-state index contributed by atoms with van der Waals surface area (Å²) in [5.41, 5.74) is 0.802. The van der Waals surface area contributed by atoms with Crippen LogP contribution in [-0.2, 0) is 6.54 Å². The highest BCUT2D eigenvalue weighted by Crippen LogP contribution is 2.14. The van der Waals surface area contributed by atoms with Gasteiger partial charge in [-0.2, -0.15) is 5.26 Å². The molecule has 0 fully saturated rings. The largest absolute Gasteiger partial charge is 0.480 e. The molecule has 106 valence electrons. The molecule has 0 aliphatic rings. The predicted molar refractivity (Wildman–Crippen MR) is 73.1 cm³/mol. The maximum Gasteiger partial charge on any atom is 0.257 e. The van der Waals surface area contributed by atoms with Crippen LogP contribution in [-0.4, -0.2) is 18.0 Å². The summed E-state index contributed by atoms with van der Waals surface area (Å²) < 4.78 is 18.7. The van der Waals surface area contributed by atoms with Gasteiger partial charge in [-0.15, -0.1) is 0 Å². The second-order valence-corrected chi connectivity index (χ2v) is 4.16. The molecular weight excluding hydrogens is 273 g/mol. The minimum Gasteiger partial charge on any atom is -0.480 e. The highest BCUT2D eigenvalue weighted by molar-refractivity contribution is 5.96. The minimum absolute atomic E-state index is 0.00836. The predicted octanol–water partition coefficient (Wildman–Crippen LogP) is 2.03. The van der Waals surface area contributed by atoms with E-state index in [1.54, 1.807) is 12.1 Å². The lowest BCUT2D eigenvalue weighted by Gasteiger charge is -2.09. The van der Waals surface area contributed by atoms with E-state index in [4.69, 9.17) is 10.00 Å². The molecule has 1 aromatic heterocycles. The molecule has 0 atom stereocenters. The molecule has 5 nitrogen and oxygen atoms in total. The third-order valence-electron chi connectivity index (χ3n) is 2.83. The standard InChI is InChI=1S/C15H12FN3O2/c1-21-15-12(3-2-6-18-15)14(20)19-9-11-5-4-10(8-17)7-13(11)16/h2-7H,9H2,1H3,(H,19,20). The number of nitrogens with zero attached hydrogens (tertiary/aromatic N) is 2. The molecule has 0 aliphatic carbocycles. The van der Waals surface area contributed by atoms with Crippen LogP contribution in [0, 0.1) is 17.1 Å². The van der Waals surface area contributed by atoms with Gasteiger partial charge < -0.3 is 10.1 Å². The fourth-order valence-electron chi connectivity index (χ4n) is 1.76. The number of nitrogens with one attached hydrogen (secondary N) is 1. The first-order valence-corrected chi connectivity index (χ1v) is 6.11. The van der Waals surface area contributed by atoms with E-state index in [9.17, 15) is 9.18 Å². The van der Waals surface area contributed by atoms with Crippen LogP contribution in [0.25, 0.3) is 0 Å². The van der Waals surface area contributed by atoms with Gasteiger partial charge in [0.25, 0.3) is 5.91 Å². The zero-order valence-electron chi connectivity index (χ0n) is 11.3. The molecule has 0 radical (unpaired) electrons. The van der Waals surface area contributed by atoms with Gasteiger partial charge in [-0.1, -0.05) is 6.07 Å². The van der Waals surface area contributed by atoms with Crippen LogP contribution in [0.2, 0.25) is 0 Å². The van der Waals surface area contributed by atoms with E-state index in [0.717, 1.165) is 6.07 Å². The Morgan fingerprint density at radius 1 is 1.48 bits per heavy atom. The monoisotopic (exact) mass is 285 g/mol. The van der Waals surface area contributed by atoms with Gasteiger partial charge in [0.1, 0.15) is 11.4 Å². The van der Waals surface area contributed by atoms with E-state index in [1.165, 1.54) is 25.4 Å². The Hall–Kier alpha value is -2.94. The van der Waals surface area contributed by atoms with Gasteiger partial charge in [0, 0.05) is 18.3 Å². The number of aromatic nitrogens is 1. The highest BCUT2D eigenvalue weighted by Gasteiger charge is 2.13. The number of benzene rings is 1. The number of carbonyl (C=O) groups is 1. The van der Waals surface area contributed by atoms with Crippen molar-refractivity contribution in [3.63, 3.8) is 0 Å². The summed E-state index contributed by atoms with van der Waals surface area (Å²) >= 11 is 0. The van der Waals surface area contributed by atoms with Crippen molar-refractivity contribution in [1.29, 1.82) is 5.26 Å². The van der Waals surface area contributed by atoms with E-state index in [1.807, 2.05) is 6.07 Å². The first-order valence-electron chi connectivity index (χ1n) is 6.11. The molecule has 0 unspecified atom stereocenters. The van der Waals surface area contributed by atoms with Crippen LogP contribution < -0.4 is 10.1 Å². The van der Waals surface area contributed by atoms with Crippen molar-refractivity contribution in [3.8, 4) is 11.9 Å². The maximum absolute atomic E-state index is 13.7. The highest BCUT2D eigenvalue weighted by atomic mass is 19.1. The Morgan fingerprint density at radius 2 is 2.29 bits per heavy atom. The van der Waals surface area contributed by atoms with Crippen LogP contribution in [0.1, 0.15) is 21.5 Å². The molecule has 0 aliphatic heterocycles. The summed E-state index contributed by atoms with van der Waals surface area (Å²) in [6.45, 7) is 0.00836. The lowest BCUT2D eigenvalue weighted by Crippen LogP contribution is -2.24. The van der Waals surface area contributed by atoms with Crippen LogP contribution in [0.15, 0.2) is 36.5 Å². The molecule has 1 amide bonds. The second-order valence-electron chi connectivity index (χ2n) is 4.16. The maximum atomic E-state index is 13.7. The molecule has 1 heterocycles. The lowest BCUT2D eigenvalue weighted by atomic mass is 10.1. The Labute approximate surface area is 121 Å². The number of halogens is 1. The third kappa shape index (κ3) is 3.34. The van der Waals surface area contributed by atoms with Crippen molar-refractivity contribution in [2.45, 2.75) is 6.54 Å². The summed E-state index contributed by atoms with van der Waals surface area (Å²) in [7, 11) is 1.42. The van der Waals surface area contributed by atoms with E-state index in [-0.39, 0.29) is 23.6 Å². The van der Waals surface area contributed by atoms with Crippen molar-refractivity contribution >= 4 is 5.91 Å².